The Morgan fingerprint density at radius 1 is 2.00 bits per heavy atom. The first-order valence-corrected chi connectivity index (χ1v) is 1.41. The van der Waals surface area contributed by atoms with Gasteiger partial charge in [-0.1, -0.05) is 12.2 Å². The highest BCUT2D eigenvalue weighted by atomic mass is 32.1. The summed E-state index contributed by atoms with van der Waals surface area (Å²) in [5.74, 6) is 0. The van der Waals surface area contributed by atoms with E-state index in [9.17, 15) is 0 Å². The van der Waals surface area contributed by atoms with Crippen LogP contribution < -0.4 is 5.32 Å². The topological polar surface area (TPSA) is 14.1 Å². The molecular weight excluding hydrogens is 70.1 g/mol. The molecule has 0 aliphatic rings. The van der Waals surface area contributed by atoms with Gasteiger partial charge in [0, 0.05) is 7.05 Å². The van der Waals surface area contributed by atoms with E-state index in [0.29, 0.717) is 0 Å². The molecule has 4 heavy (non-hydrogen) atoms. The first-order chi connectivity index (χ1) is 1.91. The molecule has 0 spiro atoms. The fourth-order valence-electron chi connectivity index (χ4n) is 0. The van der Waals surface area contributed by atoms with Gasteiger partial charge in [-0.2, -0.15) is 0 Å². The van der Waals surface area contributed by atoms with E-state index in [1.165, 1.54) is 5.49 Å². The number of rotatable bonds is 1. The summed E-state index contributed by atoms with van der Waals surface area (Å²) in [6.07, 6.45) is 0. The van der Waals surface area contributed by atoms with Gasteiger partial charge in [-0.3, -0.25) is 5.32 Å². The van der Waals surface area contributed by atoms with Crippen LogP contribution in [0.2, 0.25) is 0 Å². The standard InChI is InChI=1S/C2H4NS/c1-3-2-4/h2H,1H3. The molecule has 0 fully saturated rings. The summed E-state index contributed by atoms with van der Waals surface area (Å²) in [4.78, 5) is 0. The van der Waals surface area contributed by atoms with Gasteiger partial charge in [0.25, 0.3) is 0 Å². The number of hydrogen-bond acceptors (Lipinski definition) is 1. The highest BCUT2D eigenvalue weighted by molar-refractivity contribution is 7.78. The molecule has 0 bridgehead atoms. The molecule has 0 rings (SSSR count). The van der Waals surface area contributed by atoms with E-state index in [0.717, 1.165) is 0 Å². The van der Waals surface area contributed by atoms with Crippen molar-refractivity contribution in [2.24, 2.45) is 0 Å². The lowest BCUT2D eigenvalue weighted by Crippen LogP contribution is -1.83. The van der Waals surface area contributed by atoms with Gasteiger partial charge >= 0.3 is 0 Å². The molecule has 0 aliphatic carbocycles. The van der Waals surface area contributed by atoms with E-state index in [4.69, 9.17) is 0 Å². The molecule has 0 aromatic rings. The summed E-state index contributed by atoms with van der Waals surface area (Å²) < 4.78 is 0. The fourth-order valence-corrected chi connectivity index (χ4v) is 0. The molecular formula is C2H4NS. The molecule has 0 amide bonds. The van der Waals surface area contributed by atoms with E-state index < -0.39 is 0 Å². The molecule has 0 saturated carbocycles. The van der Waals surface area contributed by atoms with E-state index >= 15 is 0 Å². The van der Waals surface area contributed by atoms with Crippen LogP contribution in [-0.2, 0) is 0 Å². The summed E-state index contributed by atoms with van der Waals surface area (Å²) in [5, 5.41) is 3.43. The molecule has 0 aromatic carbocycles. The lowest BCUT2D eigenvalue weighted by Gasteiger charge is -1.62. The minimum Gasteiger partial charge on any atom is -0.285 e. The molecule has 0 aliphatic heterocycles. The maximum Gasteiger partial charge on any atom is 0.0838 e. The van der Waals surface area contributed by atoms with Crippen LogP contribution in [0.5, 0.6) is 0 Å². The lowest BCUT2D eigenvalue weighted by atomic mass is 11.3. The molecule has 0 N–H and O–H groups in total. The van der Waals surface area contributed by atoms with Gasteiger partial charge in [0.05, 0.1) is 5.49 Å². The Bertz CT molecular complexity index is 20.0. The van der Waals surface area contributed by atoms with Crippen LogP contribution in [0.4, 0.5) is 0 Å². The molecule has 0 aromatic heterocycles. The molecule has 1 nitrogen and oxygen atoms in total. The van der Waals surface area contributed by atoms with Gasteiger partial charge in [0.15, 0.2) is 0 Å². The minimum atomic E-state index is 1.33. The van der Waals surface area contributed by atoms with Crippen LogP contribution in [-0.4, -0.2) is 12.5 Å². The van der Waals surface area contributed by atoms with E-state index in [2.05, 4.69) is 17.5 Å². The van der Waals surface area contributed by atoms with Crippen molar-refractivity contribution in [2.45, 2.75) is 0 Å². The third-order valence-corrected chi connectivity index (χ3v) is 0.316. The normalized spacial score (nSPS) is 5.25. The third kappa shape index (κ3) is 1.89. The SMILES string of the molecule is C[N]C=S. The predicted molar refractivity (Wildman–Crippen MR) is 21.7 cm³/mol. The van der Waals surface area contributed by atoms with Gasteiger partial charge in [-0.25, -0.2) is 0 Å². The van der Waals surface area contributed by atoms with Crippen molar-refractivity contribution < 1.29 is 0 Å². The Balaban J connectivity index is 2.30. The Morgan fingerprint density at radius 2 is 2.25 bits per heavy atom. The predicted octanol–water partition coefficient (Wildman–Crippen LogP) is 0.178. The van der Waals surface area contributed by atoms with Crippen LogP contribution in [0.1, 0.15) is 0 Å². The van der Waals surface area contributed by atoms with Crippen molar-refractivity contribution >= 4 is 17.7 Å². The van der Waals surface area contributed by atoms with Crippen molar-refractivity contribution in [1.82, 2.24) is 5.32 Å². The molecule has 0 atom stereocenters. The lowest BCUT2D eigenvalue weighted by molar-refractivity contribution is 1.21. The maximum absolute atomic E-state index is 4.26. The second-order valence-corrected chi connectivity index (χ2v) is 0.574. The van der Waals surface area contributed by atoms with Crippen LogP contribution in [0.25, 0.3) is 0 Å². The van der Waals surface area contributed by atoms with Crippen molar-refractivity contribution in [3.8, 4) is 0 Å². The van der Waals surface area contributed by atoms with Gasteiger partial charge < -0.3 is 0 Å². The average Bonchev–Trinajstić information content (AvgIpc) is 1.37. The van der Waals surface area contributed by atoms with Gasteiger partial charge in [-0.05, 0) is 0 Å². The van der Waals surface area contributed by atoms with Gasteiger partial charge in [0.2, 0.25) is 0 Å². The summed E-state index contributed by atoms with van der Waals surface area (Å²) in [5.41, 5.74) is 1.33. The van der Waals surface area contributed by atoms with Gasteiger partial charge in [0.1, 0.15) is 0 Å². The van der Waals surface area contributed by atoms with Crippen molar-refractivity contribution in [2.75, 3.05) is 7.05 Å². The Hall–Kier alpha value is -0.110. The average molecular weight is 74.1 g/mol. The van der Waals surface area contributed by atoms with Crippen LogP contribution in [0, 0.1) is 0 Å². The maximum atomic E-state index is 4.26. The van der Waals surface area contributed by atoms with E-state index in [1.54, 1.807) is 7.05 Å². The largest absolute Gasteiger partial charge is 0.285 e. The number of nitrogens with zero attached hydrogens (tertiary/aromatic N) is 1. The summed E-state index contributed by atoms with van der Waals surface area (Å²) in [6, 6.07) is 0. The molecule has 2 heteroatoms. The number of hydrogen-bond donors (Lipinski definition) is 0. The zero-order valence-electron chi connectivity index (χ0n) is 2.43. The molecule has 0 unspecified atom stereocenters. The first kappa shape index (κ1) is 3.89. The Kier molecular flexibility index (Phi) is 2.81. The quantitative estimate of drug-likeness (QED) is 0.405. The van der Waals surface area contributed by atoms with E-state index in [-0.39, 0.29) is 0 Å². The monoisotopic (exact) mass is 74.0 g/mol. The van der Waals surface area contributed by atoms with Crippen LogP contribution in [0.15, 0.2) is 0 Å². The molecule has 1 radical (unpaired) electrons. The van der Waals surface area contributed by atoms with Crippen molar-refractivity contribution in [3.05, 3.63) is 0 Å². The highest BCUT2D eigenvalue weighted by Crippen LogP contribution is 1.33. The minimum absolute atomic E-state index is 1.33. The van der Waals surface area contributed by atoms with E-state index in [1.807, 2.05) is 0 Å². The summed E-state index contributed by atoms with van der Waals surface area (Å²) >= 11 is 4.26. The Morgan fingerprint density at radius 3 is 2.25 bits per heavy atom. The molecule has 23 valence electrons. The molecule has 0 heterocycles. The molecule has 0 saturated heterocycles. The highest BCUT2D eigenvalue weighted by Gasteiger charge is 1.43. The number of thiocarbonyl (C=S) groups is 1. The summed E-state index contributed by atoms with van der Waals surface area (Å²) in [7, 11) is 1.65. The smallest absolute Gasteiger partial charge is 0.0838 e. The zero-order valence-corrected chi connectivity index (χ0v) is 3.25. The van der Waals surface area contributed by atoms with Gasteiger partial charge in [-0.15, -0.1) is 0 Å². The fraction of sp³-hybridized carbons (Fsp3) is 0.500. The van der Waals surface area contributed by atoms with Crippen molar-refractivity contribution in [3.63, 3.8) is 0 Å². The zero-order chi connectivity index (χ0) is 3.41. The second kappa shape index (κ2) is 2.89. The Labute approximate surface area is 31.0 Å². The second-order valence-electron chi connectivity index (χ2n) is 0.364. The van der Waals surface area contributed by atoms with Crippen LogP contribution >= 0.6 is 12.2 Å². The summed E-state index contributed by atoms with van der Waals surface area (Å²) in [6.45, 7) is 0. The third-order valence-electron chi connectivity index (χ3n) is 0.105. The first-order valence-electron chi connectivity index (χ1n) is 0.941. The van der Waals surface area contributed by atoms with Crippen LogP contribution in [0.3, 0.4) is 0 Å². The van der Waals surface area contributed by atoms with Crippen molar-refractivity contribution in [1.29, 1.82) is 0 Å².